The normalized spacial score (nSPS) is 12.9. The number of hydrogen-bond acceptors (Lipinski definition) is 5. The lowest BCUT2D eigenvalue weighted by atomic mass is 10.1. The Hall–Kier alpha value is -3.14. The molecule has 0 aliphatic carbocycles. The summed E-state index contributed by atoms with van der Waals surface area (Å²) in [5.74, 6) is -0.520. The molecule has 0 aromatic heterocycles. The Morgan fingerprint density at radius 1 is 1.05 bits per heavy atom. The third-order valence-electron chi connectivity index (χ3n) is 6.16. The van der Waals surface area contributed by atoms with Gasteiger partial charge in [-0.05, 0) is 56.0 Å². The van der Waals surface area contributed by atoms with Crippen LogP contribution in [0, 0.1) is 5.82 Å². The van der Waals surface area contributed by atoms with Crippen molar-refractivity contribution in [3.63, 3.8) is 0 Å². The van der Waals surface area contributed by atoms with Crippen LogP contribution in [0.3, 0.4) is 0 Å². The quantitative estimate of drug-likeness (QED) is 0.393. The van der Waals surface area contributed by atoms with Crippen LogP contribution in [0.15, 0.2) is 48.5 Å². The van der Waals surface area contributed by atoms with Gasteiger partial charge in [0, 0.05) is 25.6 Å². The van der Waals surface area contributed by atoms with Gasteiger partial charge in [-0.2, -0.15) is 0 Å². The summed E-state index contributed by atoms with van der Waals surface area (Å²) in [5, 5.41) is 2.94. The molecule has 0 unspecified atom stereocenters. The van der Waals surface area contributed by atoms with Crippen LogP contribution in [0.5, 0.6) is 5.75 Å². The molecule has 37 heavy (non-hydrogen) atoms. The van der Waals surface area contributed by atoms with Crippen LogP contribution >= 0.6 is 0 Å². The largest absolute Gasteiger partial charge is 0.495 e. The van der Waals surface area contributed by atoms with E-state index in [1.165, 1.54) is 28.4 Å². The number of anilines is 1. The summed E-state index contributed by atoms with van der Waals surface area (Å²) in [7, 11) is -2.18. The minimum atomic E-state index is -3.64. The highest BCUT2D eigenvalue weighted by Crippen LogP contribution is 2.29. The van der Waals surface area contributed by atoms with Gasteiger partial charge in [0.25, 0.3) is 0 Å². The number of carbonyl (C=O) groups is 2. The van der Waals surface area contributed by atoms with Gasteiger partial charge >= 0.3 is 0 Å². The van der Waals surface area contributed by atoms with Crippen LogP contribution in [-0.2, 0) is 26.2 Å². The molecule has 0 radical (unpaired) electrons. The van der Waals surface area contributed by atoms with Crippen LogP contribution in [0.2, 0.25) is 0 Å². The first kappa shape index (κ1) is 30.1. The molecule has 2 aromatic rings. The second kappa shape index (κ2) is 14.0. The third kappa shape index (κ3) is 8.73. The smallest absolute Gasteiger partial charge is 0.243 e. The number of halogens is 1. The van der Waals surface area contributed by atoms with Gasteiger partial charge in [-0.3, -0.25) is 13.9 Å². The Morgan fingerprint density at radius 2 is 1.70 bits per heavy atom. The molecule has 0 saturated carbocycles. The molecule has 2 amide bonds. The van der Waals surface area contributed by atoms with E-state index in [0.29, 0.717) is 23.4 Å². The predicted octanol–water partition coefficient (Wildman–Crippen LogP) is 4.10. The molecule has 0 heterocycles. The van der Waals surface area contributed by atoms with Crippen LogP contribution in [0.4, 0.5) is 10.1 Å². The van der Waals surface area contributed by atoms with Crippen LogP contribution < -0.4 is 14.4 Å². The zero-order valence-corrected chi connectivity index (χ0v) is 23.1. The van der Waals surface area contributed by atoms with Crippen LogP contribution in [0.1, 0.15) is 52.0 Å². The Balaban J connectivity index is 2.24. The van der Waals surface area contributed by atoms with Crippen LogP contribution in [0.25, 0.3) is 0 Å². The van der Waals surface area contributed by atoms with Crippen molar-refractivity contribution in [2.75, 3.05) is 24.2 Å². The van der Waals surface area contributed by atoms with E-state index in [-0.39, 0.29) is 49.6 Å². The number of benzene rings is 2. The average molecular weight is 536 g/mol. The molecule has 1 N–H and O–H groups in total. The lowest BCUT2D eigenvalue weighted by Gasteiger charge is -2.32. The number of amides is 2. The van der Waals surface area contributed by atoms with Crippen molar-refractivity contribution in [3.8, 4) is 5.75 Å². The zero-order valence-electron chi connectivity index (χ0n) is 22.2. The van der Waals surface area contributed by atoms with Gasteiger partial charge in [-0.25, -0.2) is 12.8 Å². The lowest BCUT2D eigenvalue weighted by molar-refractivity contribution is -0.141. The second-order valence-electron chi connectivity index (χ2n) is 9.00. The lowest BCUT2D eigenvalue weighted by Crippen LogP contribution is -2.50. The molecule has 204 valence electrons. The first-order valence-electron chi connectivity index (χ1n) is 12.5. The van der Waals surface area contributed by atoms with Crippen molar-refractivity contribution >= 4 is 27.5 Å². The molecule has 0 saturated heterocycles. The molecule has 0 fully saturated rings. The molecule has 2 aromatic carbocycles. The highest BCUT2D eigenvalue weighted by atomic mass is 32.2. The number of nitrogens with zero attached hydrogens (tertiary/aromatic N) is 2. The maximum absolute atomic E-state index is 13.4. The van der Waals surface area contributed by atoms with E-state index < -0.39 is 16.1 Å². The predicted molar refractivity (Wildman–Crippen MR) is 143 cm³/mol. The Kier molecular flexibility index (Phi) is 11.4. The van der Waals surface area contributed by atoms with Gasteiger partial charge in [0.05, 0.1) is 19.1 Å². The number of nitrogens with one attached hydrogen (secondary N) is 1. The molecule has 2 atom stereocenters. The molecular weight excluding hydrogens is 497 g/mol. The van der Waals surface area contributed by atoms with Crippen molar-refractivity contribution in [3.05, 3.63) is 59.9 Å². The van der Waals surface area contributed by atoms with Gasteiger partial charge in [0.1, 0.15) is 17.6 Å². The molecular formula is C27H38FN3O5S. The summed E-state index contributed by atoms with van der Waals surface area (Å²) in [6, 6.07) is 11.8. The SMILES string of the molecule is CC[C@H](C)NC(=O)[C@H](CC)N(Cc1ccc(F)cc1)C(=O)CCCN(c1ccccc1OC)S(C)(=O)=O. The summed E-state index contributed by atoms with van der Waals surface area (Å²) >= 11 is 0. The average Bonchev–Trinajstić information content (AvgIpc) is 2.86. The first-order chi connectivity index (χ1) is 17.5. The summed E-state index contributed by atoms with van der Waals surface area (Å²) in [6.07, 6.45) is 2.50. The van der Waals surface area contributed by atoms with E-state index in [0.717, 1.165) is 12.7 Å². The van der Waals surface area contributed by atoms with Crippen molar-refractivity contribution in [1.29, 1.82) is 0 Å². The van der Waals surface area contributed by atoms with Crippen molar-refractivity contribution < 1.29 is 27.1 Å². The Bertz CT molecular complexity index is 1140. The highest BCUT2D eigenvalue weighted by molar-refractivity contribution is 7.92. The molecule has 10 heteroatoms. The van der Waals surface area contributed by atoms with Crippen molar-refractivity contribution in [1.82, 2.24) is 10.2 Å². The molecule has 0 spiro atoms. The van der Waals surface area contributed by atoms with E-state index >= 15 is 0 Å². The molecule has 8 nitrogen and oxygen atoms in total. The summed E-state index contributed by atoms with van der Waals surface area (Å²) < 4.78 is 45.1. The topological polar surface area (TPSA) is 96.0 Å². The minimum Gasteiger partial charge on any atom is -0.495 e. The Morgan fingerprint density at radius 3 is 2.27 bits per heavy atom. The number of rotatable bonds is 14. The highest BCUT2D eigenvalue weighted by Gasteiger charge is 2.29. The number of hydrogen-bond donors (Lipinski definition) is 1. The van der Waals surface area contributed by atoms with E-state index in [1.54, 1.807) is 36.4 Å². The van der Waals surface area contributed by atoms with E-state index in [9.17, 15) is 22.4 Å². The molecule has 0 aliphatic heterocycles. The number of methoxy groups -OCH3 is 1. The van der Waals surface area contributed by atoms with Gasteiger partial charge in [0.2, 0.25) is 21.8 Å². The van der Waals surface area contributed by atoms with Crippen molar-refractivity contribution in [2.24, 2.45) is 0 Å². The maximum atomic E-state index is 13.4. The van der Waals surface area contributed by atoms with Gasteiger partial charge < -0.3 is 15.0 Å². The fourth-order valence-electron chi connectivity index (χ4n) is 3.97. The Labute approximate surface area is 219 Å². The summed E-state index contributed by atoms with van der Waals surface area (Å²) in [4.78, 5) is 28.0. The molecule has 0 bridgehead atoms. The maximum Gasteiger partial charge on any atom is 0.243 e. The fraction of sp³-hybridized carbons (Fsp3) is 0.481. The standard InChI is InChI=1S/C27H38FN3O5S/c1-6-20(3)29-27(33)23(7-2)30(19-21-14-16-22(28)17-15-21)26(32)13-10-18-31(37(5,34)35)24-11-8-9-12-25(24)36-4/h8-9,11-12,14-17,20,23H,6-7,10,13,18-19H2,1-5H3,(H,29,33)/t20-,23-/m0/s1. The molecule has 2 rings (SSSR count). The number of ether oxygens (including phenoxy) is 1. The van der Waals surface area contributed by atoms with Gasteiger partial charge in [-0.1, -0.05) is 38.1 Å². The minimum absolute atomic E-state index is 0.0233. The fourth-order valence-corrected chi connectivity index (χ4v) is 4.93. The second-order valence-corrected chi connectivity index (χ2v) is 10.9. The zero-order chi connectivity index (χ0) is 27.6. The molecule has 0 aliphatic rings. The number of sulfonamides is 1. The number of carbonyl (C=O) groups excluding carboxylic acids is 2. The van der Waals surface area contributed by atoms with Gasteiger partial charge in [-0.15, -0.1) is 0 Å². The summed E-state index contributed by atoms with van der Waals surface area (Å²) in [5.41, 5.74) is 1.08. The van der Waals surface area contributed by atoms with E-state index in [4.69, 9.17) is 4.74 Å². The third-order valence-corrected chi connectivity index (χ3v) is 7.34. The van der Waals surface area contributed by atoms with Gasteiger partial charge in [0.15, 0.2) is 0 Å². The summed E-state index contributed by atoms with van der Waals surface area (Å²) in [6.45, 7) is 5.88. The van der Waals surface area contributed by atoms with E-state index in [2.05, 4.69) is 5.32 Å². The first-order valence-corrected chi connectivity index (χ1v) is 14.3. The monoisotopic (exact) mass is 535 g/mol. The van der Waals surface area contributed by atoms with Crippen molar-refractivity contribution in [2.45, 2.75) is 65.1 Å². The van der Waals surface area contributed by atoms with Crippen LogP contribution in [-0.4, -0.2) is 57.1 Å². The van der Waals surface area contributed by atoms with E-state index in [1.807, 2.05) is 20.8 Å². The number of para-hydroxylation sites is 2.